The molecule has 1 nitrogen and oxygen atoms in total. The second-order valence-electron chi connectivity index (χ2n) is 3.90. The van der Waals surface area contributed by atoms with Gasteiger partial charge < -0.3 is 4.90 Å². The second-order valence-corrected chi connectivity index (χ2v) is 3.90. The van der Waals surface area contributed by atoms with Crippen LogP contribution in [0, 0.1) is 0 Å². The molecule has 0 amide bonds. The molecule has 0 saturated heterocycles. The lowest BCUT2D eigenvalue weighted by Crippen LogP contribution is -2.29. The Hall–Kier alpha value is -0.820. The Labute approximate surface area is 81.4 Å². The lowest BCUT2D eigenvalue weighted by Gasteiger charge is -2.26. The highest BCUT2D eigenvalue weighted by atomic mass is 15.1. The lowest BCUT2D eigenvalue weighted by molar-refractivity contribution is 0.280. The number of nitrogens with zero attached hydrogens (tertiary/aromatic N) is 1. The third kappa shape index (κ3) is 2.56. The molecule has 0 N–H and O–H groups in total. The van der Waals surface area contributed by atoms with Gasteiger partial charge in [-0.05, 0) is 32.5 Å². The molecule has 0 bridgehead atoms. The quantitative estimate of drug-likeness (QED) is 0.686. The number of likely N-dealkylation sites (N-methyl/N-ethyl adjacent to an activating group) is 1. The molecule has 1 aromatic rings. The van der Waals surface area contributed by atoms with Gasteiger partial charge in [0.05, 0.1) is 0 Å². The number of rotatable bonds is 3. The topological polar surface area (TPSA) is 3.24 Å². The van der Waals surface area contributed by atoms with E-state index in [4.69, 9.17) is 0 Å². The van der Waals surface area contributed by atoms with E-state index in [0.717, 1.165) is 0 Å². The van der Waals surface area contributed by atoms with E-state index in [9.17, 15) is 0 Å². The van der Waals surface area contributed by atoms with E-state index >= 15 is 0 Å². The molecule has 13 heavy (non-hydrogen) atoms. The van der Waals surface area contributed by atoms with Gasteiger partial charge in [0.25, 0.3) is 0 Å². The number of hydrogen-bond donors (Lipinski definition) is 0. The van der Waals surface area contributed by atoms with Crippen molar-refractivity contribution in [2.45, 2.75) is 25.8 Å². The summed E-state index contributed by atoms with van der Waals surface area (Å²) in [5.41, 5.74) is 1.42. The first kappa shape index (κ1) is 10.3. The first-order valence-corrected chi connectivity index (χ1v) is 4.84. The van der Waals surface area contributed by atoms with Gasteiger partial charge in [0.1, 0.15) is 0 Å². The molecule has 0 fully saturated rings. The van der Waals surface area contributed by atoms with Crippen LogP contribution < -0.4 is 0 Å². The maximum atomic E-state index is 2.28. The summed E-state index contributed by atoms with van der Waals surface area (Å²) in [7, 11) is 4.26. The van der Waals surface area contributed by atoms with E-state index in [0.29, 0.717) is 12.0 Å². The Morgan fingerprint density at radius 2 is 1.54 bits per heavy atom. The van der Waals surface area contributed by atoms with Gasteiger partial charge >= 0.3 is 0 Å². The fourth-order valence-corrected chi connectivity index (χ4v) is 1.48. The highest BCUT2D eigenvalue weighted by Gasteiger charge is 2.15. The third-order valence-corrected chi connectivity index (χ3v) is 2.86. The third-order valence-electron chi connectivity index (χ3n) is 2.86. The zero-order chi connectivity index (χ0) is 9.84. The minimum atomic E-state index is 0.586. The molecule has 1 unspecified atom stereocenters. The predicted octanol–water partition coefficient (Wildman–Crippen LogP) is 2.74. The Morgan fingerprint density at radius 3 is 2.00 bits per heavy atom. The molecular weight excluding hydrogens is 158 g/mol. The van der Waals surface area contributed by atoms with Crippen LogP contribution in [0.25, 0.3) is 0 Å². The smallest absolute Gasteiger partial charge is 0.0127 e. The highest BCUT2D eigenvalue weighted by Crippen LogP contribution is 2.20. The van der Waals surface area contributed by atoms with E-state index in [1.807, 2.05) is 0 Å². The van der Waals surface area contributed by atoms with E-state index in [2.05, 4.69) is 63.2 Å². The molecule has 0 saturated carbocycles. The fourth-order valence-electron chi connectivity index (χ4n) is 1.48. The first-order valence-electron chi connectivity index (χ1n) is 4.84. The first-order chi connectivity index (χ1) is 6.13. The van der Waals surface area contributed by atoms with Crippen molar-refractivity contribution in [1.29, 1.82) is 0 Å². The second kappa shape index (κ2) is 4.43. The maximum absolute atomic E-state index is 2.28. The van der Waals surface area contributed by atoms with Crippen molar-refractivity contribution in [3.05, 3.63) is 35.9 Å². The Bertz CT molecular complexity index is 241. The van der Waals surface area contributed by atoms with Gasteiger partial charge in [0.2, 0.25) is 0 Å². The molecule has 0 radical (unpaired) electrons. The lowest BCUT2D eigenvalue weighted by atomic mass is 9.94. The number of hydrogen-bond acceptors (Lipinski definition) is 1. The molecule has 2 atom stereocenters. The Morgan fingerprint density at radius 1 is 1.00 bits per heavy atom. The molecule has 1 aromatic carbocycles. The van der Waals surface area contributed by atoms with E-state index in [1.54, 1.807) is 0 Å². The van der Waals surface area contributed by atoms with Gasteiger partial charge in [-0.3, -0.25) is 0 Å². The van der Waals surface area contributed by atoms with Crippen LogP contribution in [-0.2, 0) is 0 Å². The Balaban J connectivity index is 2.73. The summed E-state index contributed by atoms with van der Waals surface area (Å²) in [6.45, 7) is 4.54. The molecule has 72 valence electrons. The summed E-state index contributed by atoms with van der Waals surface area (Å²) in [6, 6.07) is 11.3. The van der Waals surface area contributed by atoms with Gasteiger partial charge in [0.15, 0.2) is 0 Å². The molecule has 0 aromatic heterocycles. The molecule has 0 aliphatic rings. The fraction of sp³-hybridized carbons (Fsp3) is 0.500. The van der Waals surface area contributed by atoms with Crippen LogP contribution in [0.5, 0.6) is 0 Å². The molecule has 1 rings (SSSR count). The van der Waals surface area contributed by atoms with Crippen molar-refractivity contribution in [2.24, 2.45) is 0 Å². The molecule has 0 aliphatic carbocycles. The largest absolute Gasteiger partial charge is 0.306 e. The monoisotopic (exact) mass is 177 g/mol. The van der Waals surface area contributed by atoms with Gasteiger partial charge in [-0.25, -0.2) is 0 Å². The van der Waals surface area contributed by atoms with E-state index in [1.165, 1.54) is 5.56 Å². The zero-order valence-corrected chi connectivity index (χ0v) is 8.99. The molecular formula is C12H19N. The Kier molecular flexibility index (Phi) is 3.49. The van der Waals surface area contributed by atoms with Gasteiger partial charge in [-0.15, -0.1) is 0 Å². The average molecular weight is 177 g/mol. The normalized spacial score (nSPS) is 15.8. The summed E-state index contributed by atoms with van der Waals surface area (Å²) >= 11 is 0. The standard InChI is InChI=1S/C12H19N/c1-10(11(2)13(3)4)12-8-6-5-7-9-12/h5-11H,1-4H3/t10?,11-/m1/s1. The van der Waals surface area contributed by atoms with Crippen LogP contribution in [0.3, 0.4) is 0 Å². The average Bonchev–Trinajstić information content (AvgIpc) is 2.17. The van der Waals surface area contributed by atoms with Gasteiger partial charge in [-0.1, -0.05) is 37.3 Å². The highest BCUT2D eigenvalue weighted by molar-refractivity contribution is 5.20. The minimum absolute atomic E-state index is 0.586. The van der Waals surface area contributed by atoms with Crippen molar-refractivity contribution < 1.29 is 0 Å². The van der Waals surface area contributed by atoms with Crippen LogP contribution in [-0.4, -0.2) is 25.0 Å². The summed E-state index contributed by atoms with van der Waals surface area (Å²) in [5, 5.41) is 0. The van der Waals surface area contributed by atoms with Crippen molar-refractivity contribution in [2.75, 3.05) is 14.1 Å². The summed E-state index contributed by atoms with van der Waals surface area (Å²) < 4.78 is 0. The van der Waals surface area contributed by atoms with Crippen LogP contribution in [0.2, 0.25) is 0 Å². The molecule has 0 spiro atoms. The van der Waals surface area contributed by atoms with E-state index < -0.39 is 0 Å². The summed E-state index contributed by atoms with van der Waals surface area (Å²) in [6.07, 6.45) is 0. The SMILES string of the molecule is CC(c1ccccc1)[C@@H](C)N(C)C. The zero-order valence-electron chi connectivity index (χ0n) is 8.99. The van der Waals surface area contributed by atoms with Crippen LogP contribution >= 0.6 is 0 Å². The van der Waals surface area contributed by atoms with Gasteiger partial charge in [0, 0.05) is 6.04 Å². The maximum Gasteiger partial charge on any atom is 0.0127 e. The van der Waals surface area contributed by atoms with Crippen molar-refractivity contribution in [1.82, 2.24) is 4.90 Å². The summed E-state index contributed by atoms with van der Waals surface area (Å²) in [4.78, 5) is 2.26. The van der Waals surface area contributed by atoms with Crippen LogP contribution in [0.15, 0.2) is 30.3 Å². The number of benzene rings is 1. The van der Waals surface area contributed by atoms with Crippen LogP contribution in [0.1, 0.15) is 25.3 Å². The summed E-state index contributed by atoms with van der Waals surface area (Å²) in [5.74, 6) is 0.594. The molecule has 1 heteroatoms. The van der Waals surface area contributed by atoms with Crippen molar-refractivity contribution >= 4 is 0 Å². The molecule has 0 aliphatic heterocycles. The minimum Gasteiger partial charge on any atom is -0.306 e. The predicted molar refractivity (Wildman–Crippen MR) is 58.0 cm³/mol. The van der Waals surface area contributed by atoms with Gasteiger partial charge in [-0.2, -0.15) is 0 Å². The van der Waals surface area contributed by atoms with Crippen molar-refractivity contribution in [3.63, 3.8) is 0 Å². The van der Waals surface area contributed by atoms with Crippen molar-refractivity contribution in [3.8, 4) is 0 Å². The van der Waals surface area contributed by atoms with Crippen LogP contribution in [0.4, 0.5) is 0 Å². The van der Waals surface area contributed by atoms with E-state index in [-0.39, 0.29) is 0 Å². The molecule has 0 heterocycles.